The molecule has 2 heterocycles. The van der Waals surface area contributed by atoms with Gasteiger partial charge >= 0.3 is 5.97 Å². The molecule has 0 amide bonds. The molecule has 1 aromatic carbocycles. The molecule has 3 rings (SSSR count). The van der Waals surface area contributed by atoms with Crippen molar-refractivity contribution in [3.63, 3.8) is 0 Å². The largest absolute Gasteiger partial charge is 0.465 e. The third-order valence-corrected chi connectivity index (χ3v) is 4.53. The van der Waals surface area contributed by atoms with Crippen LogP contribution >= 0.6 is 0 Å². The first kappa shape index (κ1) is 15.1. The second-order valence-electron chi connectivity index (χ2n) is 5.61. The van der Waals surface area contributed by atoms with Crippen molar-refractivity contribution in [2.45, 2.75) is 26.4 Å². The van der Waals surface area contributed by atoms with E-state index in [0.717, 1.165) is 37.0 Å². The van der Waals surface area contributed by atoms with Gasteiger partial charge in [0.2, 0.25) is 0 Å². The van der Waals surface area contributed by atoms with Crippen molar-refractivity contribution in [2.75, 3.05) is 26.8 Å². The van der Waals surface area contributed by atoms with Gasteiger partial charge in [0.1, 0.15) is 0 Å². The van der Waals surface area contributed by atoms with Crippen LogP contribution in [0.3, 0.4) is 0 Å². The molecule has 0 atom stereocenters. The van der Waals surface area contributed by atoms with Gasteiger partial charge in [-0.3, -0.25) is 4.90 Å². The van der Waals surface area contributed by atoms with E-state index >= 15 is 0 Å². The molecule has 0 spiro atoms. The summed E-state index contributed by atoms with van der Waals surface area (Å²) in [6.45, 7) is 5.65. The molecule has 118 valence electrons. The van der Waals surface area contributed by atoms with E-state index in [1.807, 2.05) is 6.07 Å². The van der Waals surface area contributed by atoms with Crippen molar-refractivity contribution >= 4 is 16.9 Å². The molecule has 0 aliphatic carbocycles. The molecule has 1 aliphatic heterocycles. The fourth-order valence-corrected chi connectivity index (χ4v) is 3.45. The molecule has 1 N–H and O–H groups in total. The first-order valence-corrected chi connectivity index (χ1v) is 7.75. The van der Waals surface area contributed by atoms with Crippen molar-refractivity contribution < 1.29 is 14.6 Å². The van der Waals surface area contributed by atoms with Crippen LogP contribution in [0.4, 0.5) is 0 Å². The quantitative estimate of drug-likeness (QED) is 0.875. The number of rotatable bonds is 4. The number of carbonyl (C=O) groups is 1. The molecule has 1 aliphatic rings. The topological polar surface area (TPSA) is 54.7 Å². The summed E-state index contributed by atoms with van der Waals surface area (Å²) in [5, 5.41) is 10.5. The van der Waals surface area contributed by atoms with Crippen LogP contribution < -0.4 is 0 Å². The lowest BCUT2D eigenvalue weighted by atomic mass is 10.0. The summed E-state index contributed by atoms with van der Waals surface area (Å²) in [7, 11) is 1.40. The highest BCUT2D eigenvalue weighted by molar-refractivity contribution is 6.04. The number of aliphatic hydroxyl groups is 1. The average Bonchev–Trinajstić information content (AvgIpc) is 2.88. The SMILES string of the molecule is CCN1CCc2c(c3cccc(C(=O)OC)c3n2CCO)C1. The molecular formula is C17H22N2O3. The minimum Gasteiger partial charge on any atom is -0.465 e. The van der Waals surface area contributed by atoms with Gasteiger partial charge in [-0.05, 0) is 18.2 Å². The Hall–Kier alpha value is -1.85. The van der Waals surface area contributed by atoms with Crippen LogP contribution in [0.2, 0.25) is 0 Å². The Kier molecular flexibility index (Phi) is 4.18. The third-order valence-electron chi connectivity index (χ3n) is 4.53. The van der Waals surface area contributed by atoms with Crippen molar-refractivity contribution in [2.24, 2.45) is 0 Å². The minimum absolute atomic E-state index is 0.0587. The number of likely N-dealkylation sites (N-methyl/N-ethyl adjacent to an activating group) is 1. The number of carbonyl (C=O) groups excluding carboxylic acids is 1. The summed E-state index contributed by atoms with van der Waals surface area (Å²) in [5.41, 5.74) is 3.99. The number of hydrogen-bond acceptors (Lipinski definition) is 4. The summed E-state index contributed by atoms with van der Waals surface area (Å²) in [5.74, 6) is -0.327. The molecule has 5 heteroatoms. The number of esters is 1. The summed E-state index contributed by atoms with van der Waals surface area (Å²) in [4.78, 5) is 14.5. The fraction of sp³-hybridized carbons (Fsp3) is 0.471. The molecule has 0 saturated carbocycles. The highest BCUT2D eigenvalue weighted by atomic mass is 16.5. The number of fused-ring (bicyclic) bond motifs is 3. The number of benzene rings is 1. The van der Waals surface area contributed by atoms with Gasteiger partial charge in [-0.15, -0.1) is 0 Å². The van der Waals surface area contributed by atoms with E-state index in [0.29, 0.717) is 12.1 Å². The summed E-state index contributed by atoms with van der Waals surface area (Å²) >= 11 is 0. The Morgan fingerprint density at radius 1 is 1.41 bits per heavy atom. The van der Waals surface area contributed by atoms with Crippen LogP contribution in [-0.2, 0) is 24.2 Å². The lowest BCUT2D eigenvalue weighted by Crippen LogP contribution is -2.30. The zero-order valence-corrected chi connectivity index (χ0v) is 13.1. The van der Waals surface area contributed by atoms with E-state index in [-0.39, 0.29) is 12.6 Å². The van der Waals surface area contributed by atoms with E-state index in [2.05, 4.69) is 22.5 Å². The monoisotopic (exact) mass is 302 g/mol. The number of aromatic nitrogens is 1. The van der Waals surface area contributed by atoms with Crippen LogP contribution in [0.15, 0.2) is 18.2 Å². The molecule has 0 radical (unpaired) electrons. The first-order chi connectivity index (χ1) is 10.7. The highest BCUT2D eigenvalue weighted by Crippen LogP contribution is 2.33. The fourth-order valence-electron chi connectivity index (χ4n) is 3.45. The van der Waals surface area contributed by atoms with Crippen molar-refractivity contribution in [3.8, 4) is 0 Å². The smallest absolute Gasteiger partial charge is 0.340 e. The number of nitrogens with zero attached hydrogens (tertiary/aromatic N) is 2. The maximum Gasteiger partial charge on any atom is 0.340 e. The second-order valence-corrected chi connectivity index (χ2v) is 5.61. The number of hydrogen-bond donors (Lipinski definition) is 1. The van der Waals surface area contributed by atoms with E-state index in [4.69, 9.17) is 4.74 Å². The Morgan fingerprint density at radius 2 is 2.23 bits per heavy atom. The predicted octanol–water partition coefficient (Wildman–Crippen LogP) is 1.80. The van der Waals surface area contributed by atoms with E-state index in [9.17, 15) is 9.90 Å². The summed E-state index contributed by atoms with van der Waals surface area (Å²) < 4.78 is 7.03. The van der Waals surface area contributed by atoms with Crippen molar-refractivity contribution in [1.82, 2.24) is 9.47 Å². The molecular weight excluding hydrogens is 280 g/mol. The Morgan fingerprint density at radius 3 is 2.91 bits per heavy atom. The molecule has 2 aromatic rings. The maximum atomic E-state index is 12.1. The standard InChI is InChI=1S/C17H22N2O3/c1-3-18-8-7-15-14(11-18)12-5-4-6-13(17(21)22-2)16(12)19(15)9-10-20/h4-6,20H,3,7-11H2,1-2H3. The zero-order chi connectivity index (χ0) is 15.7. The summed E-state index contributed by atoms with van der Waals surface area (Å²) in [6.07, 6.45) is 0.943. The van der Waals surface area contributed by atoms with Gasteiger partial charge in [-0.1, -0.05) is 19.1 Å². The Bertz CT molecular complexity index is 705. The number of aliphatic hydroxyl groups excluding tert-OH is 1. The summed E-state index contributed by atoms with van der Waals surface area (Å²) in [6, 6.07) is 5.77. The van der Waals surface area contributed by atoms with Gasteiger partial charge in [0.25, 0.3) is 0 Å². The number of ether oxygens (including phenoxy) is 1. The molecule has 0 saturated heterocycles. The average molecular weight is 302 g/mol. The van der Waals surface area contributed by atoms with Gasteiger partial charge in [0.15, 0.2) is 0 Å². The highest BCUT2D eigenvalue weighted by Gasteiger charge is 2.25. The molecule has 22 heavy (non-hydrogen) atoms. The van der Waals surface area contributed by atoms with Crippen LogP contribution in [0.5, 0.6) is 0 Å². The number of methoxy groups -OCH3 is 1. The second kappa shape index (κ2) is 6.10. The molecule has 5 nitrogen and oxygen atoms in total. The van der Waals surface area contributed by atoms with Gasteiger partial charge < -0.3 is 14.4 Å². The Labute approximate surface area is 130 Å². The first-order valence-electron chi connectivity index (χ1n) is 7.75. The molecule has 0 unspecified atom stereocenters. The lowest BCUT2D eigenvalue weighted by molar-refractivity contribution is 0.0602. The molecule has 1 aromatic heterocycles. The molecule has 0 bridgehead atoms. The molecule has 0 fully saturated rings. The van der Waals surface area contributed by atoms with Gasteiger partial charge in [0.05, 0.1) is 24.8 Å². The predicted molar refractivity (Wildman–Crippen MR) is 85.0 cm³/mol. The minimum atomic E-state index is -0.327. The number of para-hydroxylation sites is 1. The van der Waals surface area contributed by atoms with E-state index in [1.54, 1.807) is 6.07 Å². The maximum absolute atomic E-state index is 12.1. The lowest BCUT2D eigenvalue weighted by Gasteiger charge is -2.26. The van der Waals surface area contributed by atoms with Crippen LogP contribution in [0, 0.1) is 0 Å². The van der Waals surface area contributed by atoms with E-state index in [1.165, 1.54) is 18.4 Å². The zero-order valence-electron chi connectivity index (χ0n) is 13.1. The van der Waals surface area contributed by atoms with Crippen LogP contribution in [-0.4, -0.2) is 47.3 Å². The third kappa shape index (κ3) is 2.30. The van der Waals surface area contributed by atoms with Crippen molar-refractivity contribution in [1.29, 1.82) is 0 Å². The normalized spacial score (nSPS) is 15.0. The van der Waals surface area contributed by atoms with Crippen LogP contribution in [0.25, 0.3) is 10.9 Å². The van der Waals surface area contributed by atoms with Gasteiger partial charge in [-0.2, -0.15) is 0 Å². The van der Waals surface area contributed by atoms with Crippen molar-refractivity contribution in [3.05, 3.63) is 35.0 Å². The van der Waals surface area contributed by atoms with Gasteiger partial charge in [-0.25, -0.2) is 4.79 Å². The Balaban J connectivity index is 2.26. The van der Waals surface area contributed by atoms with E-state index < -0.39 is 0 Å². The van der Waals surface area contributed by atoms with Gasteiger partial charge in [0, 0.05) is 37.1 Å². The van der Waals surface area contributed by atoms with Crippen LogP contribution in [0.1, 0.15) is 28.5 Å².